The van der Waals surface area contributed by atoms with Gasteiger partial charge in [-0.1, -0.05) is 30.3 Å². The molecule has 0 amide bonds. The number of benzene rings is 2. The third-order valence-corrected chi connectivity index (χ3v) is 4.71. The maximum absolute atomic E-state index is 11.7. The number of hydrogen-bond donors (Lipinski definition) is 2. The fraction of sp³-hybridized carbons (Fsp3) is 0.136. The molecular formula is C22H20N4O4. The molecule has 8 nitrogen and oxygen atoms in total. The smallest absolute Gasteiger partial charge is 0.339 e. The van der Waals surface area contributed by atoms with Crippen molar-refractivity contribution in [1.82, 2.24) is 14.5 Å². The molecule has 0 bridgehead atoms. The number of carboxylic acids is 1. The molecule has 30 heavy (non-hydrogen) atoms. The number of hydrogen-bond acceptors (Lipinski definition) is 6. The second-order valence-electron chi connectivity index (χ2n) is 6.52. The van der Waals surface area contributed by atoms with E-state index < -0.39 is 5.97 Å². The number of carbonyl (C=O) groups is 1. The van der Waals surface area contributed by atoms with Gasteiger partial charge in [-0.2, -0.15) is 0 Å². The highest BCUT2D eigenvalue weighted by Crippen LogP contribution is 2.32. The van der Waals surface area contributed by atoms with Crippen LogP contribution in [0.25, 0.3) is 16.9 Å². The lowest BCUT2D eigenvalue weighted by Crippen LogP contribution is -2.10. The summed E-state index contributed by atoms with van der Waals surface area (Å²) in [5.74, 6) is 0.911. The lowest BCUT2D eigenvalue weighted by Gasteiger charge is -2.12. The van der Waals surface area contributed by atoms with E-state index in [4.69, 9.17) is 9.47 Å². The van der Waals surface area contributed by atoms with Crippen LogP contribution in [-0.4, -0.2) is 39.8 Å². The van der Waals surface area contributed by atoms with E-state index in [2.05, 4.69) is 15.3 Å². The summed E-state index contributed by atoms with van der Waals surface area (Å²) in [4.78, 5) is 20.6. The van der Waals surface area contributed by atoms with Crippen LogP contribution in [0.4, 0.5) is 5.82 Å². The van der Waals surface area contributed by atoms with Crippen LogP contribution in [0.3, 0.4) is 0 Å². The maximum atomic E-state index is 11.7. The number of ether oxygens (including phenoxy) is 2. The van der Waals surface area contributed by atoms with Gasteiger partial charge in [-0.05, 0) is 17.7 Å². The molecule has 0 atom stereocenters. The molecule has 0 radical (unpaired) electrons. The zero-order valence-corrected chi connectivity index (χ0v) is 16.5. The molecule has 2 aromatic heterocycles. The first-order valence-electron chi connectivity index (χ1n) is 9.22. The molecule has 2 heterocycles. The highest BCUT2D eigenvalue weighted by molar-refractivity contribution is 5.93. The molecule has 2 N–H and O–H groups in total. The number of nitrogens with one attached hydrogen (secondary N) is 1. The fourth-order valence-electron chi connectivity index (χ4n) is 3.19. The van der Waals surface area contributed by atoms with Crippen molar-refractivity contribution in [2.45, 2.75) is 6.54 Å². The Balaban J connectivity index is 1.75. The van der Waals surface area contributed by atoms with Gasteiger partial charge in [-0.25, -0.2) is 14.8 Å². The first-order chi connectivity index (χ1) is 14.6. The molecule has 4 rings (SSSR count). The lowest BCUT2D eigenvalue weighted by atomic mass is 10.2. The summed E-state index contributed by atoms with van der Waals surface area (Å²) in [5, 5.41) is 12.7. The van der Waals surface area contributed by atoms with Crippen molar-refractivity contribution < 1.29 is 19.4 Å². The Labute approximate surface area is 172 Å². The summed E-state index contributed by atoms with van der Waals surface area (Å²) in [6, 6.07) is 16.5. The van der Waals surface area contributed by atoms with E-state index in [0.717, 1.165) is 11.1 Å². The minimum absolute atomic E-state index is 0.0957. The fourth-order valence-corrected chi connectivity index (χ4v) is 3.19. The SMILES string of the molecule is COc1cc2ncn(-c3ccc(C(=O)O)c(NCc4ccccc4)n3)c2cc1OC. The number of rotatable bonds is 7. The number of pyridine rings is 1. The van der Waals surface area contributed by atoms with E-state index in [1.54, 1.807) is 37.2 Å². The number of aromatic carboxylic acids is 1. The first kappa shape index (κ1) is 19.3. The van der Waals surface area contributed by atoms with Crippen molar-refractivity contribution in [3.05, 3.63) is 72.1 Å². The van der Waals surface area contributed by atoms with Crippen LogP contribution >= 0.6 is 0 Å². The number of anilines is 1. The zero-order valence-electron chi connectivity index (χ0n) is 16.5. The maximum Gasteiger partial charge on any atom is 0.339 e. The second-order valence-corrected chi connectivity index (χ2v) is 6.52. The van der Waals surface area contributed by atoms with Crippen molar-refractivity contribution >= 4 is 22.8 Å². The van der Waals surface area contributed by atoms with Crippen molar-refractivity contribution in [3.8, 4) is 17.3 Å². The van der Waals surface area contributed by atoms with Gasteiger partial charge in [0, 0.05) is 18.7 Å². The molecule has 0 aliphatic rings. The third kappa shape index (κ3) is 3.62. The van der Waals surface area contributed by atoms with Crippen LogP contribution in [0.1, 0.15) is 15.9 Å². The molecule has 0 aliphatic heterocycles. The number of imidazole rings is 1. The zero-order chi connectivity index (χ0) is 21.1. The Hall–Kier alpha value is -4.07. The van der Waals surface area contributed by atoms with Crippen LogP contribution in [0, 0.1) is 0 Å². The summed E-state index contributed by atoms with van der Waals surface area (Å²) in [7, 11) is 3.13. The Kier molecular flexibility index (Phi) is 5.21. The summed E-state index contributed by atoms with van der Waals surface area (Å²) in [5.41, 5.74) is 2.58. The largest absolute Gasteiger partial charge is 0.493 e. The van der Waals surface area contributed by atoms with Crippen molar-refractivity contribution in [2.24, 2.45) is 0 Å². The average molecular weight is 404 g/mol. The van der Waals surface area contributed by atoms with Crippen molar-refractivity contribution in [1.29, 1.82) is 0 Å². The van der Waals surface area contributed by atoms with Gasteiger partial charge in [-0.3, -0.25) is 4.57 Å². The Morgan fingerprint density at radius 2 is 1.80 bits per heavy atom. The Bertz CT molecular complexity index is 1200. The number of methoxy groups -OCH3 is 2. The number of fused-ring (bicyclic) bond motifs is 1. The van der Waals surface area contributed by atoms with E-state index >= 15 is 0 Å². The van der Waals surface area contributed by atoms with E-state index in [-0.39, 0.29) is 11.4 Å². The number of aromatic nitrogens is 3. The van der Waals surface area contributed by atoms with Gasteiger partial charge in [0.05, 0.1) is 25.3 Å². The number of nitrogens with zero attached hydrogens (tertiary/aromatic N) is 3. The van der Waals surface area contributed by atoms with Crippen LogP contribution in [-0.2, 0) is 6.54 Å². The monoisotopic (exact) mass is 404 g/mol. The van der Waals surface area contributed by atoms with E-state index in [9.17, 15) is 9.90 Å². The van der Waals surface area contributed by atoms with Crippen molar-refractivity contribution in [2.75, 3.05) is 19.5 Å². The summed E-state index contributed by atoms with van der Waals surface area (Å²) in [6.45, 7) is 0.452. The molecule has 0 aliphatic carbocycles. The second kappa shape index (κ2) is 8.12. The minimum Gasteiger partial charge on any atom is -0.493 e. The predicted molar refractivity (Wildman–Crippen MR) is 113 cm³/mol. The highest BCUT2D eigenvalue weighted by atomic mass is 16.5. The van der Waals surface area contributed by atoms with Gasteiger partial charge in [0.2, 0.25) is 0 Å². The third-order valence-electron chi connectivity index (χ3n) is 4.71. The summed E-state index contributed by atoms with van der Waals surface area (Å²) in [6.07, 6.45) is 1.63. The average Bonchev–Trinajstić information content (AvgIpc) is 3.19. The lowest BCUT2D eigenvalue weighted by molar-refractivity contribution is 0.0697. The van der Waals surface area contributed by atoms with Gasteiger partial charge in [0.15, 0.2) is 11.5 Å². The molecule has 0 spiro atoms. The van der Waals surface area contributed by atoms with Gasteiger partial charge in [-0.15, -0.1) is 0 Å². The topological polar surface area (TPSA) is 98.5 Å². The van der Waals surface area contributed by atoms with Gasteiger partial charge in [0.1, 0.15) is 23.5 Å². The van der Waals surface area contributed by atoms with Crippen LogP contribution in [0.2, 0.25) is 0 Å². The minimum atomic E-state index is -1.05. The predicted octanol–water partition coefficient (Wildman–Crippen LogP) is 3.75. The molecule has 152 valence electrons. The Morgan fingerprint density at radius 1 is 1.07 bits per heavy atom. The van der Waals surface area contributed by atoms with Crippen LogP contribution < -0.4 is 14.8 Å². The normalized spacial score (nSPS) is 10.7. The quantitative estimate of drug-likeness (QED) is 0.484. The van der Waals surface area contributed by atoms with Crippen molar-refractivity contribution in [3.63, 3.8) is 0 Å². The summed E-state index contributed by atoms with van der Waals surface area (Å²) < 4.78 is 12.5. The molecule has 2 aromatic carbocycles. The summed E-state index contributed by atoms with van der Waals surface area (Å²) >= 11 is 0. The number of carboxylic acid groups (broad SMARTS) is 1. The molecule has 0 saturated carbocycles. The molecule has 4 aromatic rings. The highest BCUT2D eigenvalue weighted by Gasteiger charge is 2.16. The van der Waals surface area contributed by atoms with Crippen LogP contribution in [0.5, 0.6) is 11.5 Å². The molecule has 0 saturated heterocycles. The molecule has 0 unspecified atom stereocenters. The Morgan fingerprint density at radius 3 is 2.50 bits per heavy atom. The van der Waals surface area contributed by atoms with E-state index in [1.807, 2.05) is 36.4 Å². The first-order valence-corrected chi connectivity index (χ1v) is 9.22. The molecular weight excluding hydrogens is 384 g/mol. The van der Waals surface area contributed by atoms with Crippen LogP contribution in [0.15, 0.2) is 60.9 Å². The molecule has 0 fully saturated rings. The van der Waals surface area contributed by atoms with Gasteiger partial charge in [0.25, 0.3) is 0 Å². The standard InChI is InChI=1S/C22H20N4O4/c1-29-18-10-16-17(11-19(18)30-2)26(13-24-16)20-9-8-15(22(27)28)21(25-20)23-12-14-6-4-3-5-7-14/h3-11,13H,12H2,1-2H3,(H,23,25)(H,27,28). The van der Waals surface area contributed by atoms with Gasteiger partial charge < -0.3 is 19.9 Å². The van der Waals surface area contributed by atoms with E-state index in [0.29, 0.717) is 29.4 Å². The molecule has 8 heteroatoms. The van der Waals surface area contributed by atoms with E-state index in [1.165, 1.54) is 6.07 Å². The van der Waals surface area contributed by atoms with Gasteiger partial charge >= 0.3 is 5.97 Å².